The standard InChI is InChI=1S/C11H11N3O3/c1-4-9-7(14-13-4)3-6(12)5-2-8(11(15)16)17-10(5)9/h2,6H,3,12H2,1H3,(H,13,14)(H,15,16). The molecule has 0 fully saturated rings. The number of furan rings is 1. The third kappa shape index (κ3) is 1.31. The fraction of sp³-hybridized carbons (Fsp3) is 0.273. The fourth-order valence-corrected chi connectivity index (χ4v) is 2.23. The second-order valence-electron chi connectivity index (χ2n) is 4.18. The second-order valence-corrected chi connectivity index (χ2v) is 4.18. The molecule has 6 nitrogen and oxygen atoms in total. The van der Waals surface area contributed by atoms with Gasteiger partial charge in [-0.2, -0.15) is 5.10 Å². The monoisotopic (exact) mass is 233 g/mol. The van der Waals surface area contributed by atoms with E-state index in [4.69, 9.17) is 15.3 Å². The highest BCUT2D eigenvalue weighted by Gasteiger charge is 2.31. The lowest BCUT2D eigenvalue weighted by atomic mass is 9.91. The minimum Gasteiger partial charge on any atom is -0.475 e. The van der Waals surface area contributed by atoms with Crippen molar-refractivity contribution in [1.82, 2.24) is 10.2 Å². The van der Waals surface area contributed by atoms with Crippen molar-refractivity contribution in [3.05, 3.63) is 28.8 Å². The smallest absolute Gasteiger partial charge is 0.371 e. The van der Waals surface area contributed by atoms with Gasteiger partial charge >= 0.3 is 5.97 Å². The Balaban J connectivity index is 2.26. The number of fused-ring (bicyclic) bond motifs is 3. The number of aromatic amines is 1. The Bertz CT molecular complexity index is 612. The Morgan fingerprint density at radius 2 is 2.47 bits per heavy atom. The summed E-state index contributed by atoms with van der Waals surface area (Å²) in [6, 6.07) is 1.23. The molecule has 4 N–H and O–H groups in total. The summed E-state index contributed by atoms with van der Waals surface area (Å²) in [6.45, 7) is 1.87. The quantitative estimate of drug-likeness (QED) is 0.687. The largest absolute Gasteiger partial charge is 0.475 e. The van der Waals surface area contributed by atoms with Crippen LogP contribution in [0.4, 0.5) is 0 Å². The maximum atomic E-state index is 10.9. The topological polar surface area (TPSA) is 105 Å². The van der Waals surface area contributed by atoms with E-state index < -0.39 is 5.97 Å². The van der Waals surface area contributed by atoms with Crippen LogP contribution in [0.15, 0.2) is 10.5 Å². The van der Waals surface area contributed by atoms with Gasteiger partial charge in [0.1, 0.15) is 5.76 Å². The van der Waals surface area contributed by atoms with Gasteiger partial charge in [-0.1, -0.05) is 0 Å². The highest BCUT2D eigenvalue weighted by molar-refractivity contribution is 5.86. The molecule has 88 valence electrons. The summed E-state index contributed by atoms with van der Waals surface area (Å²) in [6.07, 6.45) is 0.589. The number of carboxylic acid groups (broad SMARTS) is 1. The van der Waals surface area contributed by atoms with Crippen LogP contribution in [0.5, 0.6) is 0 Å². The number of aromatic nitrogens is 2. The Hall–Kier alpha value is -2.08. The molecular weight excluding hydrogens is 222 g/mol. The lowest BCUT2D eigenvalue weighted by molar-refractivity contribution is 0.0663. The van der Waals surface area contributed by atoms with Crippen LogP contribution in [-0.4, -0.2) is 21.3 Å². The van der Waals surface area contributed by atoms with E-state index in [0.29, 0.717) is 12.2 Å². The van der Waals surface area contributed by atoms with E-state index >= 15 is 0 Å². The number of H-pyrrole nitrogens is 1. The number of nitrogens with zero attached hydrogens (tertiary/aromatic N) is 1. The molecule has 0 radical (unpaired) electrons. The normalized spacial score (nSPS) is 17.6. The molecule has 0 saturated carbocycles. The average molecular weight is 233 g/mol. The van der Waals surface area contributed by atoms with Gasteiger partial charge in [0.15, 0.2) is 0 Å². The summed E-state index contributed by atoms with van der Waals surface area (Å²) in [4.78, 5) is 10.9. The first-order valence-electron chi connectivity index (χ1n) is 5.24. The predicted octanol–water partition coefficient (Wildman–Crippen LogP) is 1.23. The van der Waals surface area contributed by atoms with Gasteiger partial charge in [0.2, 0.25) is 5.76 Å². The molecule has 1 unspecified atom stereocenters. The molecule has 0 bridgehead atoms. The maximum Gasteiger partial charge on any atom is 0.371 e. The van der Waals surface area contributed by atoms with Crippen LogP contribution in [0.25, 0.3) is 11.3 Å². The zero-order valence-corrected chi connectivity index (χ0v) is 9.15. The van der Waals surface area contributed by atoms with Gasteiger partial charge in [-0.05, 0) is 13.0 Å². The van der Waals surface area contributed by atoms with E-state index in [1.54, 1.807) is 0 Å². The third-order valence-corrected chi connectivity index (χ3v) is 3.03. The van der Waals surface area contributed by atoms with Crippen molar-refractivity contribution >= 4 is 5.97 Å². The number of nitrogens with one attached hydrogen (secondary N) is 1. The Labute approximate surface area is 96.4 Å². The Morgan fingerprint density at radius 1 is 1.71 bits per heavy atom. The van der Waals surface area contributed by atoms with Crippen molar-refractivity contribution in [3.63, 3.8) is 0 Å². The van der Waals surface area contributed by atoms with Gasteiger partial charge in [0, 0.05) is 23.7 Å². The fourth-order valence-electron chi connectivity index (χ4n) is 2.23. The van der Waals surface area contributed by atoms with Gasteiger partial charge in [-0.3, -0.25) is 5.10 Å². The molecule has 2 aromatic heterocycles. The molecule has 17 heavy (non-hydrogen) atoms. The van der Waals surface area contributed by atoms with E-state index in [1.807, 2.05) is 6.92 Å². The summed E-state index contributed by atoms with van der Waals surface area (Å²) < 4.78 is 5.36. The first kappa shape index (κ1) is 10.1. The zero-order valence-electron chi connectivity index (χ0n) is 9.15. The van der Waals surface area contributed by atoms with Crippen LogP contribution in [0.3, 0.4) is 0 Å². The van der Waals surface area contributed by atoms with E-state index in [0.717, 1.165) is 22.5 Å². The van der Waals surface area contributed by atoms with Gasteiger partial charge in [0.05, 0.1) is 11.3 Å². The molecule has 0 saturated heterocycles. The van der Waals surface area contributed by atoms with Crippen molar-refractivity contribution in [2.24, 2.45) is 5.73 Å². The van der Waals surface area contributed by atoms with E-state index in [9.17, 15) is 4.79 Å². The minimum absolute atomic E-state index is 0.0844. The molecule has 0 amide bonds. The van der Waals surface area contributed by atoms with Crippen LogP contribution in [-0.2, 0) is 6.42 Å². The van der Waals surface area contributed by atoms with Crippen molar-refractivity contribution in [3.8, 4) is 11.3 Å². The minimum atomic E-state index is -1.09. The number of hydrogen-bond donors (Lipinski definition) is 3. The number of rotatable bonds is 1. The highest BCUT2D eigenvalue weighted by atomic mass is 16.4. The predicted molar refractivity (Wildman–Crippen MR) is 58.6 cm³/mol. The van der Waals surface area contributed by atoms with Crippen molar-refractivity contribution in [2.45, 2.75) is 19.4 Å². The lowest BCUT2D eigenvalue weighted by Crippen LogP contribution is -2.17. The number of aryl methyl sites for hydroxylation is 1. The van der Waals surface area contributed by atoms with Crippen LogP contribution >= 0.6 is 0 Å². The summed E-state index contributed by atoms with van der Waals surface area (Å²) in [5, 5.41) is 15.9. The molecule has 1 aliphatic carbocycles. The van der Waals surface area contributed by atoms with Crippen LogP contribution in [0, 0.1) is 6.92 Å². The molecule has 1 atom stereocenters. The first-order chi connectivity index (χ1) is 8.08. The summed E-state index contributed by atoms with van der Waals surface area (Å²) in [7, 11) is 0. The molecule has 0 aromatic carbocycles. The third-order valence-electron chi connectivity index (χ3n) is 3.03. The summed E-state index contributed by atoms with van der Waals surface area (Å²) >= 11 is 0. The molecule has 0 spiro atoms. The molecule has 0 aliphatic heterocycles. The van der Waals surface area contributed by atoms with Crippen LogP contribution < -0.4 is 5.73 Å². The van der Waals surface area contributed by atoms with Crippen molar-refractivity contribution in [1.29, 1.82) is 0 Å². The molecule has 1 aliphatic rings. The molecule has 3 rings (SSSR count). The van der Waals surface area contributed by atoms with E-state index in [1.165, 1.54) is 6.07 Å². The van der Waals surface area contributed by atoms with Crippen molar-refractivity contribution in [2.75, 3.05) is 0 Å². The SMILES string of the molecule is Cc1[nH]nc2c1-c1oc(C(=O)O)cc1C(N)C2. The van der Waals surface area contributed by atoms with Crippen LogP contribution in [0.1, 0.15) is 33.5 Å². The lowest BCUT2D eigenvalue weighted by Gasteiger charge is -2.16. The molecule has 2 aromatic rings. The number of carbonyl (C=O) groups is 1. The number of carboxylic acids is 1. The highest BCUT2D eigenvalue weighted by Crippen LogP contribution is 2.40. The Kier molecular flexibility index (Phi) is 1.90. The molecule has 6 heteroatoms. The summed E-state index contributed by atoms with van der Waals surface area (Å²) in [5.41, 5.74) is 9.24. The maximum absolute atomic E-state index is 10.9. The van der Waals surface area contributed by atoms with Gasteiger partial charge in [-0.15, -0.1) is 0 Å². The second kappa shape index (κ2) is 3.21. The number of nitrogens with two attached hydrogens (primary N) is 1. The van der Waals surface area contributed by atoms with E-state index in [-0.39, 0.29) is 11.8 Å². The Morgan fingerprint density at radius 3 is 3.18 bits per heavy atom. The van der Waals surface area contributed by atoms with Gasteiger partial charge in [-0.25, -0.2) is 4.79 Å². The molecular formula is C11H11N3O3. The average Bonchev–Trinajstić information content (AvgIpc) is 2.83. The van der Waals surface area contributed by atoms with E-state index in [2.05, 4.69) is 10.2 Å². The van der Waals surface area contributed by atoms with Gasteiger partial charge < -0.3 is 15.3 Å². The molecule has 2 heterocycles. The van der Waals surface area contributed by atoms with Gasteiger partial charge in [0.25, 0.3) is 0 Å². The number of aromatic carboxylic acids is 1. The zero-order chi connectivity index (χ0) is 12.2. The summed E-state index contributed by atoms with van der Waals surface area (Å²) in [5.74, 6) is -0.643. The van der Waals surface area contributed by atoms with Crippen molar-refractivity contribution < 1.29 is 14.3 Å². The first-order valence-corrected chi connectivity index (χ1v) is 5.24. The van der Waals surface area contributed by atoms with Crippen LogP contribution in [0.2, 0.25) is 0 Å². The number of hydrogen-bond acceptors (Lipinski definition) is 4.